The molecule has 31 heavy (non-hydrogen) atoms. The molecule has 1 N–H and O–H groups in total. The molecule has 0 radical (unpaired) electrons. The Hall–Kier alpha value is -4.12. The summed E-state index contributed by atoms with van der Waals surface area (Å²) >= 11 is 0. The van der Waals surface area contributed by atoms with Gasteiger partial charge in [0.25, 0.3) is 11.2 Å². The number of rotatable bonds is 4. The Balaban J connectivity index is 1.74. The van der Waals surface area contributed by atoms with Gasteiger partial charge in [0.2, 0.25) is 0 Å². The van der Waals surface area contributed by atoms with Gasteiger partial charge in [-0.1, -0.05) is 18.2 Å². The highest BCUT2D eigenvalue weighted by molar-refractivity contribution is 5.84. The van der Waals surface area contributed by atoms with Crippen molar-refractivity contribution in [2.45, 2.75) is 6.92 Å². The lowest BCUT2D eigenvalue weighted by Gasteiger charge is -2.38. The summed E-state index contributed by atoms with van der Waals surface area (Å²) in [5, 5.41) is 21.0. The van der Waals surface area contributed by atoms with Crippen molar-refractivity contribution < 1.29 is 4.92 Å². The molecule has 3 aromatic rings. The molecule has 2 aromatic carbocycles. The van der Waals surface area contributed by atoms with E-state index in [1.807, 2.05) is 24.3 Å². The highest BCUT2D eigenvalue weighted by Crippen LogP contribution is 2.36. The van der Waals surface area contributed by atoms with Gasteiger partial charge < -0.3 is 14.8 Å². The van der Waals surface area contributed by atoms with Gasteiger partial charge in [-0.3, -0.25) is 14.9 Å². The molecule has 2 heterocycles. The molecule has 0 bridgehead atoms. The van der Waals surface area contributed by atoms with E-state index in [2.05, 4.69) is 26.9 Å². The summed E-state index contributed by atoms with van der Waals surface area (Å²) in [5.41, 5.74) is 2.83. The van der Waals surface area contributed by atoms with Crippen LogP contribution in [-0.4, -0.2) is 36.1 Å². The molecule has 0 unspecified atom stereocenters. The lowest BCUT2D eigenvalue weighted by molar-refractivity contribution is -0.384. The van der Waals surface area contributed by atoms with Crippen LogP contribution in [0, 0.1) is 28.4 Å². The minimum atomic E-state index is -0.496. The molecular formula is C23H21N5O3. The van der Waals surface area contributed by atoms with Gasteiger partial charge in [0.05, 0.1) is 4.92 Å². The lowest BCUT2D eigenvalue weighted by Crippen LogP contribution is -2.46. The van der Waals surface area contributed by atoms with E-state index in [0.29, 0.717) is 29.9 Å². The van der Waals surface area contributed by atoms with Gasteiger partial charge >= 0.3 is 0 Å². The smallest absolute Gasteiger partial charge is 0.270 e. The van der Waals surface area contributed by atoms with Crippen LogP contribution in [0.5, 0.6) is 0 Å². The third-order valence-electron chi connectivity index (χ3n) is 5.50. The number of aromatic nitrogens is 1. The molecule has 0 amide bonds. The Morgan fingerprint density at radius 3 is 2.32 bits per heavy atom. The van der Waals surface area contributed by atoms with Crippen LogP contribution in [0.15, 0.2) is 59.4 Å². The number of hydrogen-bond donors (Lipinski definition) is 1. The summed E-state index contributed by atoms with van der Waals surface area (Å²) in [6.07, 6.45) is 0. The number of nitrogens with zero attached hydrogens (tertiary/aromatic N) is 4. The number of nitriles is 1. The van der Waals surface area contributed by atoms with E-state index in [1.54, 1.807) is 19.1 Å². The topological polar surface area (TPSA) is 106 Å². The summed E-state index contributed by atoms with van der Waals surface area (Å²) in [5.74, 6) is 0. The molecule has 1 aliphatic rings. The molecule has 0 saturated carbocycles. The number of nitro groups is 1. The highest BCUT2D eigenvalue weighted by Gasteiger charge is 2.24. The molecule has 0 atom stereocenters. The monoisotopic (exact) mass is 415 g/mol. The predicted molar refractivity (Wildman–Crippen MR) is 119 cm³/mol. The van der Waals surface area contributed by atoms with Gasteiger partial charge in [0, 0.05) is 66.5 Å². The molecule has 0 aliphatic carbocycles. The first-order valence-corrected chi connectivity index (χ1v) is 9.95. The fourth-order valence-corrected chi connectivity index (χ4v) is 3.99. The second kappa shape index (κ2) is 8.32. The third kappa shape index (κ3) is 3.98. The van der Waals surface area contributed by atoms with Crippen molar-refractivity contribution in [2.24, 2.45) is 0 Å². The Labute approximate surface area is 179 Å². The van der Waals surface area contributed by atoms with Gasteiger partial charge in [-0.05, 0) is 31.2 Å². The first kappa shape index (κ1) is 20.2. The Morgan fingerprint density at radius 2 is 1.68 bits per heavy atom. The maximum atomic E-state index is 12.3. The van der Waals surface area contributed by atoms with Gasteiger partial charge in [-0.15, -0.1) is 0 Å². The summed E-state index contributed by atoms with van der Waals surface area (Å²) < 4.78 is 0. The molecule has 1 saturated heterocycles. The summed E-state index contributed by atoms with van der Waals surface area (Å²) in [6, 6.07) is 18.4. The number of nitro benzene ring substituents is 1. The van der Waals surface area contributed by atoms with Crippen LogP contribution in [0.25, 0.3) is 11.1 Å². The number of non-ortho nitro benzene ring substituents is 1. The van der Waals surface area contributed by atoms with E-state index >= 15 is 0 Å². The Bertz CT molecular complexity index is 1220. The highest BCUT2D eigenvalue weighted by atomic mass is 16.6. The Morgan fingerprint density at radius 1 is 1.00 bits per heavy atom. The van der Waals surface area contributed by atoms with Crippen LogP contribution in [-0.2, 0) is 0 Å². The van der Waals surface area contributed by atoms with Crippen molar-refractivity contribution in [3.63, 3.8) is 0 Å². The molecular weight excluding hydrogens is 394 g/mol. The molecule has 8 heteroatoms. The second-order valence-electron chi connectivity index (χ2n) is 7.45. The third-order valence-corrected chi connectivity index (χ3v) is 5.50. The number of H-pyrrole nitrogens is 1. The molecule has 0 spiro atoms. The van der Waals surface area contributed by atoms with Crippen LogP contribution in [0.4, 0.5) is 17.1 Å². The SMILES string of the molecule is Cc1cc(-c2cc([N+](=O)[O-])ccc2N2CCN(c3ccccc3)CC2)c(C#N)c(=O)[nH]1. The number of benzene rings is 2. The molecule has 4 rings (SSSR count). The number of pyridine rings is 1. The number of piperazine rings is 1. The summed E-state index contributed by atoms with van der Waals surface area (Å²) in [4.78, 5) is 30.4. The molecule has 1 fully saturated rings. The van der Waals surface area contributed by atoms with Crippen molar-refractivity contribution in [3.05, 3.63) is 86.3 Å². The molecule has 156 valence electrons. The van der Waals surface area contributed by atoms with Gasteiger partial charge in [-0.2, -0.15) is 5.26 Å². The normalized spacial score (nSPS) is 13.7. The number of aromatic amines is 1. The van der Waals surface area contributed by atoms with Crippen LogP contribution in [0.3, 0.4) is 0 Å². The van der Waals surface area contributed by atoms with Crippen molar-refractivity contribution in [1.82, 2.24) is 4.98 Å². The average Bonchev–Trinajstić information content (AvgIpc) is 2.79. The fraction of sp³-hybridized carbons (Fsp3) is 0.217. The van der Waals surface area contributed by atoms with Gasteiger partial charge in [0.1, 0.15) is 11.6 Å². The lowest BCUT2D eigenvalue weighted by atomic mass is 9.97. The zero-order valence-electron chi connectivity index (χ0n) is 17.0. The van der Waals surface area contributed by atoms with Crippen LogP contribution >= 0.6 is 0 Å². The van der Waals surface area contributed by atoms with E-state index in [0.717, 1.165) is 24.5 Å². The maximum absolute atomic E-state index is 12.3. The number of nitrogens with one attached hydrogen (secondary N) is 1. The minimum Gasteiger partial charge on any atom is -0.368 e. The fourth-order valence-electron chi connectivity index (χ4n) is 3.99. The molecule has 8 nitrogen and oxygen atoms in total. The summed E-state index contributed by atoms with van der Waals surface area (Å²) in [6.45, 7) is 4.73. The zero-order valence-corrected chi connectivity index (χ0v) is 17.0. The van der Waals surface area contributed by atoms with Crippen molar-refractivity contribution in [1.29, 1.82) is 5.26 Å². The maximum Gasteiger partial charge on any atom is 0.270 e. The van der Waals surface area contributed by atoms with Gasteiger partial charge in [-0.25, -0.2) is 0 Å². The summed E-state index contributed by atoms with van der Waals surface area (Å²) in [7, 11) is 0. The van der Waals surface area contributed by atoms with Crippen LogP contribution in [0.2, 0.25) is 0 Å². The van der Waals surface area contributed by atoms with Gasteiger partial charge in [0.15, 0.2) is 0 Å². The standard InChI is InChI=1S/C23H21N5O3/c1-16-13-19(21(15-24)23(29)25-16)20-14-18(28(30)31)7-8-22(20)27-11-9-26(10-12-27)17-5-3-2-4-6-17/h2-8,13-14H,9-12H2,1H3,(H,25,29). The van der Waals surface area contributed by atoms with Crippen LogP contribution < -0.4 is 15.4 Å². The number of hydrogen-bond acceptors (Lipinski definition) is 6. The number of aryl methyl sites for hydroxylation is 1. The van der Waals surface area contributed by atoms with E-state index in [4.69, 9.17) is 0 Å². The molecule has 1 aliphatic heterocycles. The van der Waals surface area contributed by atoms with E-state index in [9.17, 15) is 20.2 Å². The minimum absolute atomic E-state index is 0.0460. The van der Waals surface area contributed by atoms with Crippen molar-refractivity contribution >= 4 is 17.1 Å². The largest absolute Gasteiger partial charge is 0.368 e. The van der Waals surface area contributed by atoms with Crippen molar-refractivity contribution in [3.8, 4) is 17.2 Å². The average molecular weight is 415 g/mol. The number of anilines is 2. The zero-order chi connectivity index (χ0) is 22.0. The second-order valence-corrected chi connectivity index (χ2v) is 7.45. The predicted octanol–water partition coefficient (Wildman–Crippen LogP) is 3.46. The first-order valence-electron chi connectivity index (χ1n) is 9.95. The van der Waals surface area contributed by atoms with E-state index in [1.165, 1.54) is 12.1 Å². The molecule has 1 aromatic heterocycles. The first-order chi connectivity index (χ1) is 15.0. The van der Waals surface area contributed by atoms with E-state index in [-0.39, 0.29) is 11.3 Å². The number of para-hydroxylation sites is 1. The van der Waals surface area contributed by atoms with E-state index < -0.39 is 10.5 Å². The Kier molecular flexibility index (Phi) is 5.41. The van der Waals surface area contributed by atoms with Crippen LogP contribution in [0.1, 0.15) is 11.3 Å². The van der Waals surface area contributed by atoms with Crippen molar-refractivity contribution in [2.75, 3.05) is 36.0 Å². The quantitative estimate of drug-likeness (QED) is 0.517.